The molecule has 3 aromatic rings. The normalized spacial score (nSPS) is 13.9. The maximum Gasteiger partial charge on any atom is 0.255 e. The van der Waals surface area contributed by atoms with E-state index in [-0.39, 0.29) is 47.3 Å². The van der Waals surface area contributed by atoms with Crippen molar-refractivity contribution < 1.29 is 22.7 Å². The van der Waals surface area contributed by atoms with Crippen LogP contribution in [0.5, 0.6) is 5.75 Å². The Hall–Kier alpha value is -3.53. The van der Waals surface area contributed by atoms with Crippen LogP contribution in [0.1, 0.15) is 53.2 Å². The van der Waals surface area contributed by atoms with Crippen LogP contribution in [-0.4, -0.2) is 22.8 Å². The maximum atomic E-state index is 15.1. The van der Waals surface area contributed by atoms with Gasteiger partial charge < -0.3 is 21.5 Å². The van der Waals surface area contributed by atoms with E-state index < -0.39 is 23.4 Å². The van der Waals surface area contributed by atoms with Gasteiger partial charge in [-0.2, -0.15) is 5.10 Å². The highest BCUT2D eigenvalue weighted by atomic mass is 19.1. The Kier molecular flexibility index (Phi) is 6.78. The third-order valence-electron chi connectivity index (χ3n) is 6.16. The van der Waals surface area contributed by atoms with Crippen molar-refractivity contribution in [1.29, 1.82) is 0 Å². The molecule has 180 valence electrons. The predicted molar refractivity (Wildman–Crippen MR) is 122 cm³/mol. The minimum Gasteiger partial charge on any atom is -0.496 e. The molecule has 0 unspecified atom stereocenters. The van der Waals surface area contributed by atoms with Gasteiger partial charge >= 0.3 is 0 Å². The number of methoxy groups -OCH3 is 1. The summed E-state index contributed by atoms with van der Waals surface area (Å²) in [7, 11) is 1.34. The van der Waals surface area contributed by atoms with E-state index in [9.17, 15) is 13.6 Å². The molecule has 0 saturated heterocycles. The molecule has 1 aliphatic carbocycles. The molecule has 5 N–H and O–H groups in total. The molecule has 0 aliphatic heterocycles. The van der Waals surface area contributed by atoms with E-state index in [1.165, 1.54) is 13.2 Å². The van der Waals surface area contributed by atoms with Gasteiger partial charge in [0.1, 0.15) is 34.7 Å². The molecular formula is C24H26F3N5O2. The van der Waals surface area contributed by atoms with Crippen molar-refractivity contribution in [3.05, 3.63) is 64.5 Å². The molecule has 10 heteroatoms. The molecule has 1 saturated carbocycles. The molecule has 0 bridgehead atoms. The van der Waals surface area contributed by atoms with Gasteiger partial charge in [-0.05, 0) is 43.2 Å². The first kappa shape index (κ1) is 23.6. The number of nitrogen functional groups attached to an aromatic ring is 1. The molecule has 1 aromatic heterocycles. The lowest BCUT2D eigenvalue weighted by atomic mass is 10.0. The van der Waals surface area contributed by atoms with E-state index in [0.29, 0.717) is 11.4 Å². The summed E-state index contributed by atoms with van der Waals surface area (Å²) in [5.74, 6) is -2.25. The topological polar surface area (TPSA) is 108 Å². The van der Waals surface area contributed by atoms with Crippen LogP contribution in [0, 0.1) is 17.5 Å². The number of hydrogen-bond acceptors (Lipinski definition) is 5. The van der Waals surface area contributed by atoms with Crippen molar-refractivity contribution >= 4 is 11.7 Å². The SMILES string of the molecule is COc1ccc(F)cc1C(=O)NCc1cc(F)c(-c2nn(C3CCCC3)c(N)c2CN)cc1F. The zero-order valence-corrected chi connectivity index (χ0v) is 18.7. The fourth-order valence-corrected chi connectivity index (χ4v) is 4.36. The van der Waals surface area contributed by atoms with Crippen LogP contribution in [0.25, 0.3) is 11.3 Å². The standard InChI is InChI=1S/C24H26F3N5O2/c1-34-21-7-6-14(25)9-17(21)24(33)30-12-13-8-20(27)16(10-19(13)26)22-18(11-28)23(29)32(31-22)15-4-2-3-5-15/h6-10,15H,2-5,11-12,28-29H2,1H3,(H,30,33). The Labute approximate surface area is 194 Å². The first-order chi connectivity index (χ1) is 16.3. The van der Waals surface area contributed by atoms with Crippen molar-refractivity contribution in [2.24, 2.45) is 5.73 Å². The summed E-state index contributed by atoms with van der Waals surface area (Å²) in [5.41, 5.74) is 12.6. The monoisotopic (exact) mass is 473 g/mol. The summed E-state index contributed by atoms with van der Waals surface area (Å²) in [6, 6.07) is 5.61. The molecule has 1 aliphatic rings. The van der Waals surface area contributed by atoms with Crippen LogP contribution in [0.3, 0.4) is 0 Å². The lowest BCUT2D eigenvalue weighted by Gasteiger charge is -2.12. The minimum absolute atomic E-state index is 0.0300. The van der Waals surface area contributed by atoms with Gasteiger partial charge in [-0.1, -0.05) is 12.8 Å². The van der Waals surface area contributed by atoms with Crippen LogP contribution in [-0.2, 0) is 13.1 Å². The lowest BCUT2D eigenvalue weighted by Crippen LogP contribution is -2.24. The number of amides is 1. The van der Waals surface area contributed by atoms with E-state index in [0.717, 1.165) is 49.9 Å². The van der Waals surface area contributed by atoms with Crippen molar-refractivity contribution in [2.45, 2.75) is 44.8 Å². The number of aromatic nitrogens is 2. The summed E-state index contributed by atoms with van der Waals surface area (Å²) in [5, 5.41) is 6.96. The summed E-state index contributed by atoms with van der Waals surface area (Å²) >= 11 is 0. The van der Waals surface area contributed by atoms with E-state index in [4.69, 9.17) is 16.2 Å². The van der Waals surface area contributed by atoms with E-state index in [1.54, 1.807) is 4.68 Å². The van der Waals surface area contributed by atoms with Gasteiger partial charge in [0.05, 0.1) is 18.7 Å². The second kappa shape index (κ2) is 9.76. The van der Waals surface area contributed by atoms with Gasteiger partial charge in [-0.15, -0.1) is 0 Å². The van der Waals surface area contributed by atoms with Gasteiger partial charge in [0.25, 0.3) is 5.91 Å². The largest absolute Gasteiger partial charge is 0.496 e. The van der Waals surface area contributed by atoms with Crippen LogP contribution in [0.4, 0.5) is 19.0 Å². The smallest absolute Gasteiger partial charge is 0.255 e. The van der Waals surface area contributed by atoms with Crippen LogP contribution in [0.2, 0.25) is 0 Å². The van der Waals surface area contributed by atoms with E-state index >= 15 is 4.39 Å². The van der Waals surface area contributed by atoms with Gasteiger partial charge in [-0.3, -0.25) is 4.79 Å². The molecule has 7 nitrogen and oxygen atoms in total. The molecule has 1 heterocycles. The average Bonchev–Trinajstić information content (AvgIpc) is 3.46. The number of nitrogens with two attached hydrogens (primary N) is 2. The quantitative estimate of drug-likeness (QED) is 0.480. The molecule has 1 amide bonds. The predicted octanol–water partition coefficient (Wildman–Crippen LogP) is 4.06. The second-order valence-corrected chi connectivity index (χ2v) is 8.25. The number of nitrogens with zero attached hydrogens (tertiary/aromatic N) is 2. The fourth-order valence-electron chi connectivity index (χ4n) is 4.36. The van der Waals surface area contributed by atoms with Crippen LogP contribution in [0.15, 0.2) is 30.3 Å². The summed E-state index contributed by atoms with van der Waals surface area (Å²) in [4.78, 5) is 12.5. The molecule has 0 atom stereocenters. The minimum atomic E-state index is -0.736. The zero-order valence-electron chi connectivity index (χ0n) is 18.7. The third-order valence-corrected chi connectivity index (χ3v) is 6.16. The van der Waals surface area contributed by atoms with Crippen molar-refractivity contribution in [2.75, 3.05) is 12.8 Å². The molecule has 0 spiro atoms. The molecule has 1 fully saturated rings. The number of halogens is 3. The number of carbonyl (C=O) groups excluding carboxylic acids is 1. The summed E-state index contributed by atoms with van der Waals surface area (Å²) < 4.78 is 50.3. The summed E-state index contributed by atoms with van der Waals surface area (Å²) in [6.45, 7) is -0.286. The van der Waals surface area contributed by atoms with Gasteiger partial charge in [0, 0.05) is 29.8 Å². The number of hydrogen-bond donors (Lipinski definition) is 3. The van der Waals surface area contributed by atoms with Gasteiger partial charge in [0.2, 0.25) is 0 Å². The first-order valence-electron chi connectivity index (χ1n) is 11.0. The number of nitrogens with one attached hydrogen (secondary N) is 1. The average molecular weight is 473 g/mol. The molecule has 4 rings (SSSR count). The molecule has 34 heavy (non-hydrogen) atoms. The second-order valence-electron chi connectivity index (χ2n) is 8.25. The highest BCUT2D eigenvalue weighted by Crippen LogP contribution is 2.36. The molecular weight excluding hydrogens is 447 g/mol. The Bertz CT molecular complexity index is 1220. The van der Waals surface area contributed by atoms with E-state index in [1.807, 2.05) is 0 Å². The first-order valence-corrected chi connectivity index (χ1v) is 11.0. The van der Waals surface area contributed by atoms with Crippen LogP contribution >= 0.6 is 0 Å². The van der Waals surface area contributed by atoms with E-state index in [2.05, 4.69) is 10.4 Å². The molecule has 2 aromatic carbocycles. The van der Waals surface area contributed by atoms with Crippen molar-refractivity contribution in [3.63, 3.8) is 0 Å². The van der Waals surface area contributed by atoms with Crippen molar-refractivity contribution in [1.82, 2.24) is 15.1 Å². The Morgan fingerprint density at radius 3 is 2.59 bits per heavy atom. The fraction of sp³-hybridized carbons (Fsp3) is 0.333. The Morgan fingerprint density at radius 1 is 1.18 bits per heavy atom. The Balaban J connectivity index is 1.59. The zero-order chi connectivity index (χ0) is 24.4. The van der Waals surface area contributed by atoms with Gasteiger partial charge in [0.15, 0.2) is 0 Å². The van der Waals surface area contributed by atoms with Crippen molar-refractivity contribution in [3.8, 4) is 17.0 Å². The lowest BCUT2D eigenvalue weighted by molar-refractivity contribution is 0.0947. The molecule has 0 radical (unpaired) electrons. The van der Waals surface area contributed by atoms with Gasteiger partial charge in [-0.25, -0.2) is 17.9 Å². The number of carbonyl (C=O) groups is 1. The summed E-state index contributed by atoms with van der Waals surface area (Å²) in [6.07, 6.45) is 3.95. The number of rotatable bonds is 7. The third kappa shape index (κ3) is 4.45. The number of anilines is 1. The maximum absolute atomic E-state index is 15.1. The van der Waals surface area contributed by atoms with Crippen LogP contribution < -0.4 is 21.5 Å². The highest BCUT2D eigenvalue weighted by Gasteiger charge is 2.26. The highest BCUT2D eigenvalue weighted by molar-refractivity contribution is 5.96. The number of benzene rings is 2. The Morgan fingerprint density at radius 2 is 1.91 bits per heavy atom. The number of ether oxygens (including phenoxy) is 1.